The summed E-state index contributed by atoms with van der Waals surface area (Å²) in [5.41, 5.74) is 1.46. The van der Waals surface area contributed by atoms with Crippen molar-refractivity contribution < 1.29 is 9.72 Å². The molecule has 3 rings (SSSR count). The molecule has 138 valence electrons. The molecule has 9 heteroatoms. The van der Waals surface area contributed by atoms with Crippen LogP contribution >= 0.6 is 11.6 Å². The van der Waals surface area contributed by atoms with E-state index in [0.717, 1.165) is 15.7 Å². The zero-order valence-corrected chi connectivity index (χ0v) is 15.3. The van der Waals surface area contributed by atoms with Gasteiger partial charge < -0.3 is 5.32 Å². The van der Waals surface area contributed by atoms with Crippen LogP contribution in [-0.4, -0.2) is 20.4 Å². The van der Waals surface area contributed by atoms with Crippen LogP contribution < -0.4 is 10.9 Å². The molecule has 0 fully saturated rings. The van der Waals surface area contributed by atoms with Crippen molar-refractivity contribution in [3.05, 3.63) is 73.3 Å². The topological polar surface area (TPSA) is 107 Å². The smallest absolute Gasteiger partial charge is 0.293 e. The van der Waals surface area contributed by atoms with Crippen molar-refractivity contribution in [3.8, 4) is 0 Å². The van der Waals surface area contributed by atoms with Gasteiger partial charge >= 0.3 is 0 Å². The molecule has 0 aliphatic carbocycles. The van der Waals surface area contributed by atoms with Gasteiger partial charge in [0.15, 0.2) is 0 Å². The molecular weight excluding hydrogens is 372 g/mol. The number of rotatable bonds is 4. The predicted molar refractivity (Wildman–Crippen MR) is 102 cm³/mol. The summed E-state index contributed by atoms with van der Waals surface area (Å²) in [6.07, 6.45) is 1.26. The van der Waals surface area contributed by atoms with E-state index in [-0.39, 0.29) is 23.3 Å². The number of carbonyl (C=O) groups is 1. The summed E-state index contributed by atoms with van der Waals surface area (Å²) in [6, 6.07) is 7.65. The van der Waals surface area contributed by atoms with Crippen LogP contribution in [0.1, 0.15) is 11.1 Å². The number of aryl methyl sites for hydroxylation is 2. The first kappa shape index (κ1) is 18.5. The zero-order chi connectivity index (χ0) is 19.7. The SMILES string of the molecule is Cc1cc(NC(=O)Cn2cnc3ccc(Cl)cc3c2=O)c([N+](=O)[O-])cc1C. The van der Waals surface area contributed by atoms with Crippen LogP contribution in [0.2, 0.25) is 5.02 Å². The molecule has 0 radical (unpaired) electrons. The minimum absolute atomic E-state index is 0.0814. The van der Waals surface area contributed by atoms with E-state index in [1.807, 2.05) is 0 Å². The van der Waals surface area contributed by atoms with E-state index in [1.54, 1.807) is 26.0 Å². The molecule has 0 spiro atoms. The van der Waals surface area contributed by atoms with E-state index < -0.39 is 16.4 Å². The number of hydrogen-bond acceptors (Lipinski definition) is 5. The first-order valence-electron chi connectivity index (χ1n) is 7.96. The van der Waals surface area contributed by atoms with Crippen LogP contribution in [0.3, 0.4) is 0 Å². The highest BCUT2D eigenvalue weighted by molar-refractivity contribution is 6.31. The van der Waals surface area contributed by atoms with Crippen molar-refractivity contribution in [3.63, 3.8) is 0 Å². The Hall–Kier alpha value is -3.26. The fraction of sp³-hybridized carbons (Fsp3) is 0.167. The van der Waals surface area contributed by atoms with Gasteiger partial charge in [-0.3, -0.25) is 24.3 Å². The van der Waals surface area contributed by atoms with E-state index in [4.69, 9.17) is 11.6 Å². The second-order valence-electron chi connectivity index (χ2n) is 6.10. The number of nitro benzene ring substituents is 1. The summed E-state index contributed by atoms with van der Waals surface area (Å²) >= 11 is 5.91. The predicted octanol–water partition coefficient (Wildman–Crippen LogP) is 3.21. The lowest BCUT2D eigenvalue weighted by Crippen LogP contribution is -2.28. The van der Waals surface area contributed by atoms with Gasteiger partial charge in [-0.1, -0.05) is 11.6 Å². The summed E-state index contributed by atoms with van der Waals surface area (Å²) in [4.78, 5) is 39.7. The highest BCUT2D eigenvalue weighted by atomic mass is 35.5. The molecule has 0 aliphatic rings. The number of hydrogen-bond donors (Lipinski definition) is 1. The van der Waals surface area contributed by atoms with Gasteiger partial charge in [-0.2, -0.15) is 0 Å². The quantitative estimate of drug-likeness (QED) is 0.547. The Kier molecular flexibility index (Phi) is 4.91. The third-order valence-electron chi connectivity index (χ3n) is 4.18. The molecule has 0 atom stereocenters. The molecule has 0 saturated heterocycles. The summed E-state index contributed by atoms with van der Waals surface area (Å²) in [5, 5.41) is 14.4. The van der Waals surface area contributed by atoms with Crippen LogP contribution in [0.4, 0.5) is 11.4 Å². The van der Waals surface area contributed by atoms with E-state index in [2.05, 4.69) is 10.3 Å². The first-order chi connectivity index (χ1) is 12.8. The molecule has 3 aromatic rings. The summed E-state index contributed by atoms with van der Waals surface area (Å²) in [6.45, 7) is 3.20. The molecule has 0 aliphatic heterocycles. The van der Waals surface area contributed by atoms with Crippen LogP contribution in [0, 0.1) is 24.0 Å². The second-order valence-corrected chi connectivity index (χ2v) is 6.53. The lowest BCUT2D eigenvalue weighted by Gasteiger charge is -2.10. The van der Waals surface area contributed by atoms with Gasteiger partial charge in [0.25, 0.3) is 11.2 Å². The normalized spacial score (nSPS) is 10.8. The fourth-order valence-electron chi connectivity index (χ4n) is 2.64. The maximum atomic E-state index is 12.5. The Morgan fingerprint density at radius 3 is 2.67 bits per heavy atom. The monoisotopic (exact) mass is 386 g/mol. The fourth-order valence-corrected chi connectivity index (χ4v) is 2.81. The minimum Gasteiger partial charge on any atom is -0.319 e. The van der Waals surface area contributed by atoms with Gasteiger partial charge in [-0.05, 0) is 49.2 Å². The minimum atomic E-state index is -0.577. The highest BCUT2D eigenvalue weighted by Gasteiger charge is 2.18. The second kappa shape index (κ2) is 7.16. The van der Waals surface area contributed by atoms with Gasteiger partial charge in [0.2, 0.25) is 5.91 Å². The molecule has 0 saturated carbocycles. The van der Waals surface area contributed by atoms with Crippen LogP contribution in [0.5, 0.6) is 0 Å². The molecule has 27 heavy (non-hydrogen) atoms. The van der Waals surface area contributed by atoms with Crippen LogP contribution in [-0.2, 0) is 11.3 Å². The van der Waals surface area contributed by atoms with Crippen molar-refractivity contribution in [1.82, 2.24) is 9.55 Å². The Labute approximate surface area is 158 Å². The van der Waals surface area contributed by atoms with Crippen LogP contribution in [0.15, 0.2) is 41.5 Å². The average Bonchev–Trinajstić information content (AvgIpc) is 2.60. The van der Waals surface area contributed by atoms with Crippen LogP contribution in [0.25, 0.3) is 10.9 Å². The number of benzene rings is 2. The number of fused-ring (bicyclic) bond motifs is 1. The third kappa shape index (κ3) is 3.80. The molecule has 1 aromatic heterocycles. The van der Waals surface area contributed by atoms with Crippen molar-refractivity contribution in [2.75, 3.05) is 5.32 Å². The lowest BCUT2D eigenvalue weighted by molar-refractivity contribution is -0.384. The highest BCUT2D eigenvalue weighted by Crippen LogP contribution is 2.27. The van der Waals surface area contributed by atoms with Gasteiger partial charge in [-0.25, -0.2) is 4.98 Å². The van der Waals surface area contributed by atoms with E-state index in [9.17, 15) is 19.7 Å². The third-order valence-corrected chi connectivity index (χ3v) is 4.42. The standard InChI is InChI=1S/C18H15ClN4O4/c1-10-5-15(16(23(26)27)6-11(10)2)21-17(24)8-22-9-20-14-4-3-12(19)7-13(14)18(22)25/h3-7,9H,8H2,1-2H3,(H,21,24). The number of nitrogens with one attached hydrogen (secondary N) is 1. The first-order valence-corrected chi connectivity index (χ1v) is 8.34. The summed E-state index contributed by atoms with van der Waals surface area (Å²) in [5.74, 6) is -0.577. The largest absolute Gasteiger partial charge is 0.319 e. The summed E-state index contributed by atoms with van der Waals surface area (Å²) < 4.78 is 1.13. The van der Waals surface area contributed by atoms with Crippen molar-refractivity contribution in [1.29, 1.82) is 0 Å². The molecule has 1 N–H and O–H groups in total. The number of nitrogens with zero attached hydrogens (tertiary/aromatic N) is 3. The lowest BCUT2D eigenvalue weighted by atomic mass is 10.1. The number of carbonyl (C=O) groups excluding carboxylic acids is 1. The number of halogens is 1. The maximum absolute atomic E-state index is 12.5. The van der Waals surface area contributed by atoms with E-state index in [1.165, 1.54) is 24.5 Å². The number of amides is 1. The Balaban J connectivity index is 1.90. The number of nitro groups is 1. The van der Waals surface area contributed by atoms with Gasteiger partial charge in [0, 0.05) is 11.1 Å². The average molecular weight is 387 g/mol. The molecule has 0 bridgehead atoms. The Bertz CT molecular complexity index is 1140. The number of aromatic nitrogens is 2. The molecule has 1 amide bonds. The Morgan fingerprint density at radius 1 is 1.26 bits per heavy atom. The van der Waals surface area contributed by atoms with Gasteiger partial charge in [-0.15, -0.1) is 0 Å². The maximum Gasteiger partial charge on any atom is 0.293 e. The van der Waals surface area contributed by atoms with Gasteiger partial charge in [0.1, 0.15) is 12.2 Å². The van der Waals surface area contributed by atoms with Gasteiger partial charge in [0.05, 0.1) is 22.2 Å². The zero-order valence-electron chi connectivity index (χ0n) is 14.5. The molecule has 0 unspecified atom stereocenters. The molecular formula is C18H15ClN4O4. The van der Waals surface area contributed by atoms with Crippen molar-refractivity contribution in [2.24, 2.45) is 0 Å². The van der Waals surface area contributed by atoms with Crippen molar-refractivity contribution >= 4 is 39.8 Å². The summed E-state index contributed by atoms with van der Waals surface area (Å²) in [7, 11) is 0. The van der Waals surface area contributed by atoms with E-state index in [0.29, 0.717) is 10.5 Å². The molecule has 1 heterocycles. The molecule has 2 aromatic carbocycles. The number of anilines is 1. The Morgan fingerprint density at radius 2 is 1.96 bits per heavy atom. The molecule has 8 nitrogen and oxygen atoms in total. The van der Waals surface area contributed by atoms with Crippen molar-refractivity contribution in [2.45, 2.75) is 20.4 Å². The van der Waals surface area contributed by atoms with E-state index >= 15 is 0 Å².